The summed E-state index contributed by atoms with van der Waals surface area (Å²) in [6.07, 6.45) is 0. The first-order valence-electron chi connectivity index (χ1n) is 7.23. The number of amides is 1. The zero-order chi connectivity index (χ0) is 19.3. The SMILES string of the molecule is Cc1cc(Br)ccc1OCC(=O)NC(=S)Nc1ccc([N+](=O)[O-])cc1O. The number of phenolic OH excluding ortho intramolecular Hbond substituents is 1. The Hall–Kier alpha value is -2.72. The van der Waals surface area contributed by atoms with Gasteiger partial charge in [-0.15, -0.1) is 0 Å². The summed E-state index contributed by atoms with van der Waals surface area (Å²) in [4.78, 5) is 21.9. The van der Waals surface area contributed by atoms with Crippen molar-refractivity contribution in [1.82, 2.24) is 5.32 Å². The van der Waals surface area contributed by atoms with Crippen LogP contribution in [-0.2, 0) is 4.79 Å². The van der Waals surface area contributed by atoms with E-state index < -0.39 is 10.8 Å². The summed E-state index contributed by atoms with van der Waals surface area (Å²) in [5.74, 6) is -0.293. The first kappa shape index (κ1) is 19.6. The van der Waals surface area contributed by atoms with Gasteiger partial charge in [0.1, 0.15) is 11.5 Å². The molecule has 0 saturated heterocycles. The molecule has 136 valence electrons. The lowest BCUT2D eigenvalue weighted by molar-refractivity contribution is -0.384. The molecule has 8 nitrogen and oxygen atoms in total. The zero-order valence-corrected chi connectivity index (χ0v) is 15.9. The number of carbonyl (C=O) groups excluding carboxylic acids is 1. The highest BCUT2D eigenvalue weighted by atomic mass is 79.9. The van der Waals surface area contributed by atoms with Gasteiger partial charge in [0.25, 0.3) is 11.6 Å². The van der Waals surface area contributed by atoms with Gasteiger partial charge in [-0.25, -0.2) is 0 Å². The van der Waals surface area contributed by atoms with Crippen LogP contribution >= 0.6 is 28.1 Å². The number of rotatable bonds is 5. The van der Waals surface area contributed by atoms with Crippen LogP contribution in [0.25, 0.3) is 0 Å². The Labute approximate surface area is 162 Å². The molecule has 1 amide bonds. The van der Waals surface area contributed by atoms with Gasteiger partial charge < -0.3 is 15.2 Å². The van der Waals surface area contributed by atoms with Crippen molar-refractivity contribution in [3.63, 3.8) is 0 Å². The number of thiocarbonyl (C=S) groups is 1. The second-order valence-electron chi connectivity index (χ2n) is 5.16. The lowest BCUT2D eigenvalue weighted by atomic mass is 10.2. The number of benzene rings is 2. The maximum Gasteiger partial charge on any atom is 0.273 e. The van der Waals surface area contributed by atoms with Gasteiger partial charge in [0.15, 0.2) is 11.7 Å². The minimum absolute atomic E-state index is 0.0738. The number of carbonyl (C=O) groups is 1. The minimum Gasteiger partial charge on any atom is -0.506 e. The average molecular weight is 440 g/mol. The van der Waals surface area contributed by atoms with Gasteiger partial charge in [0.05, 0.1) is 16.7 Å². The fourth-order valence-electron chi connectivity index (χ4n) is 1.97. The van der Waals surface area contributed by atoms with Gasteiger partial charge >= 0.3 is 0 Å². The third-order valence-electron chi connectivity index (χ3n) is 3.19. The number of halogens is 1. The van der Waals surface area contributed by atoms with Crippen molar-refractivity contribution in [1.29, 1.82) is 0 Å². The number of anilines is 1. The lowest BCUT2D eigenvalue weighted by Gasteiger charge is -2.12. The zero-order valence-electron chi connectivity index (χ0n) is 13.5. The third-order valence-corrected chi connectivity index (χ3v) is 3.89. The van der Waals surface area contributed by atoms with Crippen LogP contribution in [0, 0.1) is 17.0 Å². The fraction of sp³-hybridized carbons (Fsp3) is 0.125. The summed E-state index contributed by atoms with van der Waals surface area (Å²) < 4.78 is 6.33. The molecule has 0 fully saturated rings. The Balaban J connectivity index is 1.89. The number of nitrogens with one attached hydrogen (secondary N) is 2. The van der Waals surface area contributed by atoms with Crippen molar-refractivity contribution in [2.45, 2.75) is 6.92 Å². The van der Waals surface area contributed by atoms with Crippen LogP contribution in [0.5, 0.6) is 11.5 Å². The van der Waals surface area contributed by atoms with Crippen LogP contribution < -0.4 is 15.4 Å². The number of hydrogen-bond donors (Lipinski definition) is 3. The highest BCUT2D eigenvalue weighted by Gasteiger charge is 2.12. The van der Waals surface area contributed by atoms with Crippen molar-refractivity contribution >= 4 is 50.5 Å². The number of hydrogen-bond acceptors (Lipinski definition) is 6. The number of phenols is 1. The van der Waals surface area contributed by atoms with Crippen molar-refractivity contribution in [2.75, 3.05) is 11.9 Å². The smallest absolute Gasteiger partial charge is 0.273 e. The Kier molecular flexibility index (Phi) is 6.47. The quantitative estimate of drug-likeness (QED) is 0.283. The molecule has 0 bridgehead atoms. The minimum atomic E-state index is -0.634. The summed E-state index contributed by atoms with van der Waals surface area (Å²) >= 11 is 8.32. The average Bonchev–Trinajstić information content (AvgIpc) is 2.55. The molecule has 0 unspecified atom stereocenters. The van der Waals surface area contributed by atoms with E-state index in [1.165, 1.54) is 12.1 Å². The summed E-state index contributed by atoms with van der Waals surface area (Å²) in [5, 5.41) is 25.3. The topological polar surface area (TPSA) is 114 Å². The van der Waals surface area contributed by atoms with Crippen molar-refractivity contribution in [2.24, 2.45) is 0 Å². The van der Waals surface area contributed by atoms with Gasteiger partial charge in [-0.2, -0.15) is 0 Å². The number of nitrogens with zero attached hydrogens (tertiary/aromatic N) is 1. The van der Waals surface area contributed by atoms with Crippen molar-refractivity contribution in [3.05, 3.63) is 56.5 Å². The van der Waals surface area contributed by atoms with Gasteiger partial charge in [-0.05, 0) is 49.0 Å². The molecule has 0 aliphatic heterocycles. The predicted molar refractivity (Wildman–Crippen MR) is 103 cm³/mol. The molecule has 2 aromatic rings. The Morgan fingerprint density at radius 1 is 1.35 bits per heavy atom. The summed E-state index contributed by atoms with van der Waals surface area (Å²) in [5.41, 5.74) is 0.732. The van der Waals surface area contributed by atoms with E-state index in [-0.39, 0.29) is 28.8 Å². The molecule has 0 aliphatic carbocycles. The monoisotopic (exact) mass is 439 g/mol. The van der Waals surface area contributed by atoms with Crippen LogP contribution in [-0.4, -0.2) is 27.7 Å². The lowest BCUT2D eigenvalue weighted by Crippen LogP contribution is -2.37. The molecular formula is C16H14BrN3O5S. The molecule has 10 heteroatoms. The molecule has 0 aromatic heterocycles. The summed E-state index contributed by atoms with van der Waals surface area (Å²) in [6, 6.07) is 8.85. The fourth-order valence-corrected chi connectivity index (χ4v) is 2.67. The largest absolute Gasteiger partial charge is 0.506 e. The maximum absolute atomic E-state index is 11.9. The summed E-state index contributed by atoms with van der Waals surface area (Å²) in [6.45, 7) is 1.60. The molecular weight excluding hydrogens is 426 g/mol. The van der Waals surface area contributed by atoms with E-state index in [4.69, 9.17) is 17.0 Å². The number of aryl methyl sites for hydroxylation is 1. The Bertz CT molecular complexity index is 875. The highest BCUT2D eigenvalue weighted by Crippen LogP contribution is 2.27. The third kappa shape index (κ3) is 5.39. The molecule has 0 radical (unpaired) electrons. The molecule has 0 saturated carbocycles. The van der Waals surface area contributed by atoms with Gasteiger partial charge in [0.2, 0.25) is 0 Å². The second kappa shape index (κ2) is 8.59. The van der Waals surface area contributed by atoms with E-state index in [2.05, 4.69) is 26.6 Å². The van der Waals surface area contributed by atoms with E-state index in [1.807, 2.05) is 13.0 Å². The van der Waals surface area contributed by atoms with Crippen LogP contribution in [0.4, 0.5) is 11.4 Å². The van der Waals surface area contributed by atoms with E-state index in [0.717, 1.165) is 16.1 Å². The van der Waals surface area contributed by atoms with Crippen LogP contribution in [0.3, 0.4) is 0 Å². The highest BCUT2D eigenvalue weighted by molar-refractivity contribution is 9.10. The van der Waals surface area contributed by atoms with E-state index in [9.17, 15) is 20.0 Å². The molecule has 0 atom stereocenters. The number of non-ortho nitro benzene ring substituents is 1. The maximum atomic E-state index is 11.9. The van der Waals surface area contributed by atoms with E-state index in [0.29, 0.717) is 5.75 Å². The Morgan fingerprint density at radius 2 is 2.08 bits per heavy atom. The molecule has 26 heavy (non-hydrogen) atoms. The molecule has 3 N–H and O–H groups in total. The van der Waals surface area contributed by atoms with Crippen molar-refractivity contribution < 1.29 is 19.6 Å². The molecule has 0 aliphatic rings. The van der Waals surface area contributed by atoms with Crippen LogP contribution in [0.1, 0.15) is 5.56 Å². The molecule has 0 spiro atoms. The van der Waals surface area contributed by atoms with Gasteiger partial charge in [-0.1, -0.05) is 15.9 Å². The Morgan fingerprint density at radius 3 is 2.69 bits per heavy atom. The van der Waals surface area contributed by atoms with Crippen LogP contribution in [0.15, 0.2) is 40.9 Å². The van der Waals surface area contributed by atoms with Crippen LogP contribution in [0.2, 0.25) is 0 Å². The van der Waals surface area contributed by atoms with E-state index in [1.54, 1.807) is 12.1 Å². The number of ether oxygens (including phenoxy) is 1. The van der Waals surface area contributed by atoms with Gasteiger partial charge in [-0.3, -0.25) is 20.2 Å². The molecule has 0 heterocycles. The van der Waals surface area contributed by atoms with Crippen molar-refractivity contribution in [3.8, 4) is 11.5 Å². The molecule has 2 aromatic carbocycles. The standard InChI is InChI=1S/C16H14BrN3O5S/c1-9-6-10(17)2-5-14(9)25-8-15(22)19-16(26)18-12-4-3-11(20(23)24)7-13(12)21/h2-7,21H,8H2,1H3,(H2,18,19,22,26). The van der Waals surface area contributed by atoms with E-state index >= 15 is 0 Å². The molecule has 2 rings (SSSR count). The first-order chi connectivity index (χ1) is 12.3. The number of nitro groups is 1. The first-order valence-corrected chi connectivity index (χ1v) is 8.43. The second-order valence-corrected chi connectivity index (χ2v) is 6.48. The normalized spacial score (nSPS) is 10.1. The number of aromatic hydroxyl groups is 1. The van der Waals surface area contributed by atoms with Gasteiger partial charge in [0, 0.05) is 10.5 Å². The summed E-state index contributed by atoms with van der Waals surface area (Å²) in [7, 11) is 0. The predicted octanol–water partition coefficient (Wildman–Crippen LogP) is 3.26. The number of nitro benzene ring substituents is 1.